The number of allylic oxidation sites excluding steroid dienone is 8. The van der Waals surface area contributed by atoms with Gasteiger partial charge in [0.25, 0.3) is 0 Å². The van der Waals surface area contributed by atoms with Gasteiger partial charge in [0.1, 0.15) is 6.61 Å². The standard InChI is InChI=1S/C48H87O9P/c1-4-44(2)38-34-30-26-22-18-14-10-7-5-6-8-12-16-20-24-28-32-36-40-47(50)55-42-46(43-56-58(52,53)54)57-48(51)41-37-33-29-25-21-17-13-9-11-15-19-23-27-31-35-39-45(3)49/h11,13,15,17,23,25,27,29,44-46,49H,4-10,12,14,16,18-22,24,26,28,30-43H2,1-3H3,(H2,52,53,54)/b15-11-,17-13-,27-23-,29-25-/t44?,45-,46+/m0/s1. The molecule has 58 heavy (non-hydrogen) atoms. The molecule has 0 aromatic heterocycles. The lowest BCUT2D eigenvalue weighted by atomic mass is 9.99. The van der Waals surface area contributed by atoms with Gasteiger partial charge >= 0.3 is 19.8 Å². The molecule has 0 heterocycles. The van der Waals surface area contributed by atoms with Crippen LogP contribution in [0.3, 0.4) is 0 Å². The molecule has 0 radical (unpaired) electrons. The number of hydrogen-bond acceptors (Lipinski definition) is 7. The zero-order chi connectivity index (χ0) is 42.8. The molecule has 10 heteroatoms. The summed E-state index contributed by atoms with van der Waals surface area (Å²) in [5.41, 5.74) is 0. The third kappa shape index (κ3) is 45.1. The summed E-state index contributed by atoms with van der Waals surface area (Å²) >= 11 is 0. The fourth-order valence-corrected chi connectivity index (χ4v) is 6.90. The van der Waals surface area contributed by atoms with E-state index in [2.05, 4.69) is 54.8 Å². The van der Waals surface area contributed by atoms with E-state index in [4.69, 9.17) is 19.3 Å². The summed E-state index contributed by atoms with van der Waals surface area (Å²) in [7, 11) is -4.78. The number of esters is 2. The van der Waals surface area contributed by atoms with Crippen LogP contribution in [0.1, 0.15) is 213 Å². The zero-order valence-electron chi connectivity index (χ0n) is 37.2. The van der Waals surface area contributed by atoms with E-state index in [1.165, 1.54) is 109 Å². The number of aliphatic hydroxyl groups is 1. The van der Waals surface area contributed by atoms with Crippen LogP contribution in [0.4, 0.5) is 0 Å². The maximum Gasteiger partial charge on any atom is 0.469 e. The molecular formula is C48H87O9P. The van der Waals surface area contributed by atoms with Gasteiger partial charge in [0.15, 0.2) is 6.10 Å². The number of ether oxygens (including phenoxy) is 2. The van der Waals surface area contributed by atoms with E-state index >= 15 is 0 Å². The van der Waals surface area contributed by atoms with Gasteiger partial charge in [-0.05, 0) is 70.6 Å². The SMILES string of the molecule is CCC(C)CCCCCCCCCCCCCCCCCCCCC(=O)OC[C@H](COP(=O)(O)O)OC(=O)CCC/C=C\C/C=C\C/C=C\C/C=C\CCC[C@H](C)O. The van der Waals surface area contributed by atoms with Crippen molar-refractivity contribution >= 4 is 19.8 Å². The Labute approximate surface area is 355 Å². The second kappa shape index (κ2) is 41.7. The lowest BCUT2D eigenvalue weighted by molar-refractivity contribution is -0.161. The summed E-state index contributed by atoms with van der Waals surface area (Å²) in [6, 6.07) is 0. The first-order chi connectivity index (χ1) is 28.0. The Morgan fingerprint density at radius 2 is 0.948 bits per heavy atom. The highest BCUT2D eigenvalue weighted by Gasteiger charge is 2.22. The van der Waals surface area contributed by atoms with Crippen molar-refractivity contribution in [3.05, 3.63) is 48.6 Å². The number of unbranched alkanes of at least 4 members (excludes halogenated alkanes) is 19. The van der Waals surface area contributed by atoms with Crippen molar-refractivity contribution in [2.24, 2.45) is 5.92 Å². The van der Waals surface area contributed by atoms with Crippen LogP contribution in [0.15, 0.2) is 48.6 Å². The van der Waals surface area contributed by atoms with Crippen LogP contribution in [0.2, 0.25) is 0 Å². The maximum atomic E-state index is 12.4. The summed E-state index contributed by atoms with van der Waals surface area (Å²) in [6.45, 7) is 5.60. The molecule has 0 saturated heterocycles. The topological polar surface area (TPSA) is 140 Å². The summed E-state index contributed by atoms with van der Waals surface area (Å²) < 4.78 is 26.4. The van der Waals surface area contributed by atoms with Gasteiger partial charge in [0.2, 0.25) is 0 Å². The highest BCUT2D eigenvalue weighted by atomic mass is 31.2. The van der Waals surface area contributed by atoms with Gasteiger partial charge in [0.05, 0.1) is 12.7 Å². The van der Waals surface area contributed by atoms with Crippen molar-refractivity contribution in [2.75, 3.05) is 13.2 Å². The summed E-state index contributed by atoms with van der Waals surface area (Å²) in [5, 5.41) is 9.26. The molecule has 3 N–H and O–H groups in total. The Kier molecular flexibility index (Phi) is 40.2. The van der Waals surface area contributed by atoms with Crippen LogP contribution in [0, 0.1) is 5.92 Å². The van der Waals surface area contributed by atoms with Gasteiger partial charge in [-0.2, -0.15) is 0 Å². The van der Waals surface area contributed by atoms with E-state index in [-0.39, 0.29) is 25.6 Å². The second-order valence-corrected chi connectivity index (χ2v) is 17.5. The Morgan fingerprint density at radius 3 is 1.40 bits per heavy atom. The van der Waals surface area contributed by atoms with Crippen LogP contribution in [-0.2, 0) is 28.2 Å². The lowest BCUT2D eigenvalue weighted by Gasteiger charge is -2.18. The van der Waals surface area contributed by atoms with Crippen molar-refractivity contribution in [1.82, 2.24) is 0 Å². The van der Waals surface area contributed by atoms with Gasteiger partial charge in [-0.3, -0.25) is 14.1 Å². The second-order valence-electron chi connectivity index (χ2n) is 16.3. The number of rotatable bonds is 42. The fourth-order valence-electron chi connectivity index (χ4n) is 6.54. The van der Waals surface area contributed by atoms with Crippen molar-refractivity contribution in [1.29, 1.82) is 0 Å². The Hall–Kier alpha value is -2.03. The number of carbonyl (C=O) groups is 2. The van der Waals surface area contributed by atoms with Crippen LogP contribution in [-0.4, -0.2) is 52.3 Å². The highest BCUT2D eigenvalue weighted by molar-refractivity contribution is 7.46. The molecule has 0 rings (SSSR count). The van der Waals surface area contributed by atoms with E-state index in [0.717, 1.165) is 57.3 Å². The van der Waals surface area contributed by atoms with Crippen LogP contribution < -0.4 is 0 Å². The molecule has 3 atom stereocenters. The van der Waals surface area contributed by atoms with Crippen LogP contribution in [0.5, 0.6) is 0 Å². The van der Waals surface area contributed by atoms with Gasteiger partial charge < -0.3 is 24.4 Å². The van der Waals surface area contributed by atoms with E-state index < -0.39 is 32.5 Å². The summed E-state index contributed by atoms with van der Waals surface area (Å²) in [6.07, 6.45) is 48.3. The zero-order valence-corrected chi connectivity index (χ0v) is 38.1. The van der Waals surface area contributed by atoms with Crippen molar-refractivity contribution in [3.63, 3.8) is 0 Å². The Morgan fingerprint density at radius 1 is 0.534 bits per heavy atom. The molecule has 0 aliphatic carbocycles. The molecule has 0 aromatic carbocycles. The average molecular weight is 839 g/mol. The number of hydrogen-bond donors (Lipinski definition) is 3. The minimum absolute atomic E-state index is 0.124. The number of phosphoric ester groups is 1. The van der Waals surface area contributed by atoms with E-state index in [0.29, 0.717) is 19.3 Å². The predicted octanol–water partition coefficient (Wildman–Crippen LogP) is 13.5. The van der Waals surface area contributed by atoms with Crippen LogP contribution in [0.25, 0.3) is 0 Å². The molecule has 9 nitrogen and oxygen atoms in total. The number of phosphoric acid groups is 1. The molecule has 0 aliphatic heterocycles. The number of aliphatic hydroxyl groups excluding tert-OH is 1. The Bertz CT molecular complexity index is 1110. The van der Waals surface area contributed by atoms with Gasteiger partial charge in [-0.15, -0.1) is 0 Å². The van der Waals surface area contributed by atoms with E-state index in [9.17, 15) is 19.3 Å². The largest absolute Gasteiger partial charge is 0.469 e. The van der Waals surface area contributed by atoms with Crippen molar-refractivity contribution in [3.8, 4) is 0 Å². The van der Waals surface area contributed by atoms with Crippen molar-refractivity contribution in [2.45, 2.75) is 226 Å². The third-order valence-corrected chi connectivity index (χ3v) is 10.9. The minimum Gasteiger partial charge on any atom is -0.462 e. The molecule has 0 spiro atoms. The number of carbonyl (C=O) groups excluding carboxylic acids is 2. The smallest absolute Gasteiger partial charge is 0.462 e. The first kappa shape index (κ1) is 56.0. The highest BCUT2D eigenvalue weighted by Crippen LogP contribution is 2.36. The predicted molar refractivity (Wildman–Crippen MR) is 240 cm³/mol. The minimum atomic E-state index is -4.78. The third-order valence-electron chi connectivity index (χ3n) is 10.4. The molecule has 0 saturated carbocycles. The molecule has 338 valence electrons. The van der Waals surface area contributed by atoms with Gasteiger partial charge in [0, 0.05) is 12.8 Å². The summed E-state index contributed by atoms with van der Waals surface area (Å²) in [4.78, 5) is 42.9. The van der Waals surface area contributed by atoms with Crippen molar-refractivity contribution < 1.29 is 43.0 Å². The maximum absolute atomic E-state index is 12.4. The average Bonchev–Trinajstić information content (AvgIpc) is 3.18. The summed E-state index contributed by atoms with van der Waals surface area (Å²) in [5.74, 6) is -0.0647. The molecular weight excluding hydrogens is 751 g/mol. The quantitative estimate of drug-likeness (QED) is 0.0237. The first-order valence-electron chi connectivity index (χ1n) is 23.4. The molecule has 0 bridgehead atoms. The molecule has 1 unspecified atom stereocenters. The van der Waals surface area contributed by atoms with Gasteiger partial charge in [-0.1, -0.05) is 184 Å². The molecule has 0 aliphatic rings. The van der Waals surface area contributed by atoms with Crippen LogP contribution >= 0.6 is 7.82 Å². The van der Waals surface area contributed by atoms with E-state index in [1.807, 2.05) is 19.1 Å². The fraction of sp³-hybridized carbons (Fsp3) is 0.792. The Balaban J connectivity index is 3.92. The van der Waals surface area contributed by atoms with Gasteiger partial charge in [-0.25, -0.2) is 4.57 Å². The monoisotopic (exact) mass is 839 g/mol. The first-order valence-corrected chi connectivity index (χ1v) is 24.9. The normalized spacial score (nSPS) is 14.0. The molecule has 0 fully saturated rings. The lowest BCUT2D eigenvalue weighted by Crippen LogP contribution is -2.29. The molecule has 0 aromatic rings. The van der Waals surface area contributed by atoms with E-state index in [1.54, 1.807) is 0 Å². The molecule has 0 amide bonds.